The molecule has 0 unspecified atom stereocenters. The van der Waals surface area contributed by atoms with Gasteiger partial charge in [-0.1, -0.05) is 49.4 Å². The van der Waals surface area contributed by atoms with Crippen molar-refractivity contribution in [2.45, 2.75) is 38.7 Å². The Bertz CT molecular complexity index is 691. The smallest absolute Gasteiger partial charge is 0.323 e. The first-order valence-corrected chi connectivity index (χ1v) is 9.02. The standard InChI is InChI=1S/C17H22N4O2S/c1-11(2)12-3-5-13(6-4-12)15-19-20-16(24-15)18-17(23)21-9-7-14(22)8-10-21/h3-6,11,14,22H,7-10H2,1-2H3,(H,18,20,23). The van der Waals surface area contributed by atoms with E-state index in [-0.39, 0.29) is 12.1 Å². The molecule has 3 rings (SSSR count). The number of aromatic nitrogens is 2. The molecular weight excluding hydrogens is 324 g/mol. The third-order valence-electron chi connectivity index (χ3n) is 4.21. The number of aliphatic hydroxyl groups is 1. The van der Waals surface area contributed by atoms with Crippen molar-refractivity contribution in [2.24, 2.45) is 0 Å². The van der Waals surface area contributed by atoms with Crippen LogP contribution < -0.4 is 5.32 Å². The summed E-state index contributed by atoms with van der Waals surface area (Å²) < 4.78 is 0. The van der Waals surface area contributed by atoms with Crippen molar-refractivity contribution in [3.8, 4) is 10.6 Å². The van der Waals surface area contributed by atoms with Crippen molar-refractivity contribution in [1.29, 1.82) is 0 Å². The first-order chi connectivity index (χ1) is 11.5. The fourth-order valence-corrected chi connectivity index (χ4v) is 3.38. The third-order valence-corrected chi connectivity index (χ3v) is 5.10. The Morgan fingerprint density at radius 2 is 1.92 bits per heavy atom. The Morgan fingerprint density at radius 1 is 1.25 bits per heavy atom. The number of urea groups is 1. The summed E-state index contributed by atoms with van der Waals surface area (Å²) in [5.74, 6) is 0.492. The highest BCUT2D eigenvalue weighted by Crippen LogP contribution is 2.28. The maximum Gasteiger partial charge on any atom is 0.323 e. The number of amides is 2. The molecule has 2 amide bonds. The lowest BCUT2D eigenvalue weighted by Gasteiger charge is -2.29. The lowest BCUT2D eigenvalue weighted by molar-refractivity contribution is 0.0972. The van der Waals surface area contributed by atoms with Gasteiger partial charge in [0.1, 0.15) is 5.01 Å². The van der Waals surface area contributed by atoms with E-state index in [0.29, 0.717) is 37.0 Å². The summed E-state index contributed by atoms with van der Waals surface area (Å²) in [6.45, 7) is 5.45. The molecule has 24 heavy (non-hydrogen) atoms. The number of likely N-dealkylation sites (tertiary alicyclic amines) is 1. The zero-order valence-corrected chi connectivity index (χ0v) is 14.7. The number of carbonyl (C=O) groups excluding carboxylic acids is 1. The molecule has 1 aliphatic heterocycles. The maximum absolute atomic E-state index is 12.2. The second-order valence-electron chi connectivity index (χ2n) is 6.34. The SMILES string of the molecule is CC(C)c1ccc(-c2nnc(NC(=O)N3CCC(O)CC3)s2)cc1. The highest BCUT2D eigenvalue weighted by Gasteiger charge is 2.22. The molecule has 2 heterocycles. The van der Waals surface area contributed by atoms with Crippen molar-refractivity contribution in [3.05, 3.63) is 29.8 Å². The first-order valence-electron chi connectivity index (χ1n) is 8.21. The molecule has 1 fully saturated rings. The van der Waals surface area contributed by atoms with Crippen LogP contribution in [0.2, 0.25) is 0 Å². The Hall–Kier alpha value is -1.99. The predicted molar refractivity (Wildman–Crippen MR) is 95.3 cm³/mol. The lowest BCUT2D eigenvalue weighted by atomic mass is 10.0. The van der Waals surface area contributed by atoms with Crippen LogP contribution in [0.15, 0.2) is 24.3 Å². The normalized spacial score (nSPS) is 15.8. The molecular formula is C17H22N4O2S. The fraction of sp³-hybridized carbons (Fsp3) is 0.471. The fourth-order valence-electron chi connectivity index (χ4n) is 2.64. The van der Waals surface area contributed by atoms with Gasteiger partial charge < -0.3 is 10.0 Å². The van der Waals surface area contributed by atoms with E-state index in [0.717, 1.165) is 10.6 Å². The van der Waals surface area contributed by atoms with E-state index in [4.69, 9.17) is 0 Å². The number of nitrogens with zero attached hydrogens (tertiary/aromatic N) is 3. The van der Waals surface area contributed by atoms with Gasteiger partial charge in [-0.25, -0.2) is 4.79 Å². The van der Waals surface area contributed by atoms with Crippen molar-refractivity contribution in [2.75, 3.05) is 18.4 Å². The molecule has 1 aromatic carbocycles. The van der Waals surface area contributed by atoms with Crippen LogP contribution in [0.4, 0.5) is 9.93 Å². The summed E-state index contributed by atoms with van der Waals surface area (Å²) in [5, 5.41) is 21.8. The van der Waals surface area contributed by atoms with E-state index in [1.54, 1.807) is 4.90 Å². The minimum Gasteiger partial charge on any atom is -0.393 e. The number of hydrogen-bond acceptors (Lipinski definition) is 5. The number of anilines is 1. The number of rotatable bonds is 3. The topological polar surface area (TPSA) is 78.4 Å². The van der Waals surface area contributed by atoms with Gasteiger partial charge >= 0.3 is 6.03 Å². The van der Waals surface area contributed by atoms with Crippen LogP contribution in [0.5, 0.6) is 0 Å². The molecule has 0 aliphatic carbocycles. The van der Waals surface area contributed by atoms with Crippen LogP contribution in [0.3, 0.4) is 0 Å². The quantitative estimate of drug-likeness (QED) is 0.894. The highest BCUT2D eigenvalue weighted by molar-refractivity contribution is 7.18. The zero-order valence-electron chi connectivity index (χ0n) is 13.9. The molecule has 2 aromatic rings. The minimum atomic E-state index is -0.295. The van der Waals surface area contributed by atoms with Gasteiger partial charge in [-0.3, -0.25) is 5.32 Å². The minimum absolute atomic E-state index is 0.181. The van der Waals surface area contributed by atoms with Crippen LogP contribution in [-0.4, -0.2) is 45.4 Å². The third kappa shape index (κ3) is 3.91. The average molecular weight is 346 g/mol. The van der Waals surface area contributed by atoms with E-state index in [2.05, 4.69) is 41.5 Å². The van der Waals surface area contributed by atoms with E-state index in [1.807, 2.05) is 12.1 Å². The van der Waals surface area contributed by atoms with E-state index < -0.39 is 0 Å². The summed E-state index contributed by atoms with van der Waals surface area (Å²) in [4.78, 5) is 13.9. The Labute approximate surface area is 145 Å². The molecule has 6 nitrogen and oxygen atoms in total. The van der Waals surface area contributed by atoms with Crippen molar-refractivity contribution < 1.29 is 9.90 Å². The van der Waals surface area contributed by atoms with Gasteiger partial charge in [0.25, 0.3) is 0 Å². The molecule has 0 atom stereocenters. The monoisotopic (exact) mass is 346 g/mol. The Morgan fingerprint density at radius 3 is 2.54 bits per heavy atom. The summed E-state index contributed by atoms with van der Waals surface area (Å²) in [6.07, 6.45) is 0.949. The Kier molecular flexibility index (Phi) is 5.11. The van der Waals surface area contributed by atoms with Crippen LogP contribution in [-0.2, 0) is 0 Å². The van der Waals surface area contributed by atoms with Crippen molar-refractivity contribution >= 4 is 22.5 Å². The van der Waals surface area contributed by atoms with Crippen LogP contribution in [0.1, 0.15) is 38.2 Å². The van der Waals surface area contributed by atoms with Crippen LogP contribution in [0.25, 0.3) is 10.6 Å². The summed E-state index contributed by atoms with van der Waals surface area (Å²) in [7, 11) is 0. The Balaban J connectivity index is 1.64. The number of nitrogens with one attached hydrogen (secondary N) is 1. The second-order valence-corrected chi connectivity index (χ2v) is 7.31. The molecule has 0 spiro atoms. The number of piperidine rings is 1. The largest absolute Gasteiger partial charge is 0.393 e. The van der Waals surface area contributed by atoms with E-state index >= 15 is 0 Å². The van der Waals surface area contributed by atoms with Gasteiger partial charge in [0.15, 0.2) is 0 Å². The second kappa shape index (κ2) is 7.27. The molecule has 0 radical (unpaired) electrons. The van der Waals surface area contributed by atoms with Gasteiger partial charge in [-0.15, -0.1) is 10.2 Å². The van der Waals surface area contributed by atoms with Gasteiger partial charge in [0.2, 0.25) is 5.13 Å². The van der Waals surface area contributed by atoms with E-state index in [1.165, 1.54) is 16.9 Å². The van der Waals surface area contributed by atoms with Gasteiger partial charge in [0, 0.05) is 18.7 Å². The number of hydrogen-bond donors (Lipinski definition) is 2. The average Bonchev–Trinajstić information content (AvgIpc) is 3.04. The van der Waals surface area contributed by atoms with Crippen molar-refractivity contribution in [1.82, 2.24) is 15.1 Å². The van der Waals surface area contributed by atoms with Crippen molar-refractivity contribution in [3.63, 3.8) is 0 Å². The summed E-state index contributed by atoms with van der Waals surface area (Å²) in [6, 6.07) is 8.08. The number of aliphatic hydroxyl groups excluding tert-OH is 1. The molecule has 128 valence electrons. The maximum atomic E-state index is 12.2. The number of carbonyl (C=O) groups is 1. The van der Waals surface area contributed by atoms with Gasteiger partial charge in [-0.05, 0) is 24.3 Å². The van der Waals surface area contributed by atoms with Gasteiger partial charge in [-0.2, -0.15) is 0 Å². The molecule has 7 heteroatoms. The molecule has 2 N–H and O–H groups in total. The van der Waals surface area contributed by atoms with Crippen LogP contribution in [0, 0.1) is 0 Å². The molecule has 1 aromatic heterocycles. The van der Waals surface area contributed by atoms with Crippen LogP contribution >= 0.6 is 11.3 Å². The molecule has 1 aliphatic rings. The molecule has 1 saturated heterocycles. The molecule has 0 bridgehead atoms. The predicted octanol–water partition coefficient (Wildman–Crippen LogP) is 3.32. The number of benzene rings is 1. The first kappa shape index (κ1) is 16.9. The zero-order chi connectivity index (χ0) is 17.1. The molecule has 0 saturated carbocycles. The summed E-state index contributed by atoms with van der Waals surface area (Å²) in [5.41, 5.74) is 2.28. The van der Waals surface area contributed by atoms with E-state index in [9.17, 15) is 9.90 Å². The van der Waals surface area contributed by atoms with Gasteiger partial charge in [0.05, 0.1) is 6.10 Å². The summed E-state index contributed by atoms with van der Waals surface area (Å²) >= 11 is 1.36. The highest BCUT2D eigenvalue weighted by atomic mass is 32.1. The lowest BCUT2D eigenvalue weighted by Crippen LogP contribution is -2.42.